The fourth-order valence-electron chi connectivity index (χ4n) is 3.09. The number of anilines is 1. The molecule has 1 N–H and O–H groups in total. The number of carbonyl (C=O) groups excluding carboxylic acids is 2. The molecule has 3 aromatic rings. The SMILES string of the molecule is O=C(COC(=O)CSc1ccc2c(c1)CCC2)Nc1nnc(-c2ccccc2)o1. The van der Waals surface area contributed by atoms with Crippen molar-refractivity contribution in [2.45, 2.75) is 24.2 Å². The molecule has 1 amide bonds. The monoisotopic (exact) mass is 409 g/mol. The standard InChI is InChI=1S/C21H19N3O4S/c25-18(22-21-24-23-20(28-21)15-5-2-1-3-6-15)12-27-19(26)13-29-17-10-9-14-7-4-8-16(14)11-17/h1-3,5-6,9-11H,4,7-8,12-13H2,(H,22,24,25). The quantitative estimate of drug-likeness (QED) is 0.471. The number of hydrogen-bond donors (Lipinski definition) is 1. The number of nitrogens with zero attached hydrogens (tertiary/aromatic N) is 2. The molecule has 1 aromatic heterocycles. The van der Waals surface area contributed by atoms with Gasteiger partial charge >= 0.3 is 12.0 Å². The molecule has 1 aliphatic carbocycles. The maximum atomic E-state index is 11.9. The molecule has 7 nitrogen and oxygen atoms in total. The van der Waals surface area contributed by atoms with E-state index in [0.29, 0.717) is 5.89 Å². The minimum Gasteiger partial charge on any atom is -0.455 e. The van der Waals surface area contributed by atoms with Crippen LogP contribution in [0.15, 0.2) is 57.8 Å². The van der Waals surface area contributed by atoms with Crippen molar-refractivity contribution < 1.29 is 18.7 Å². The molecule has 0 aliphatic heterocycles. The summed E-state index contributed by atoms with van der Waals surface area (Å²) >= 11 is 1.40. The van der Waals surface area contributed by atoms with Gasteiger partial charge in [0.15, 0.2) is 6.61 Å². The zero-order chi connectivity index (χ0) is 20.1. The average molecular weight is 409 g/mol. The Morgan fingerprint density at radius 2 is 1.90 bits per heavy atom. The Morgan fingerprint density at radius 3 is 2.76 bits per heavy atom. The van der Waals surface area contributed by atoms with Gasteiger partial charge in [-0.3, -0.25) is 14.9 Å². The first-order valence-electron chi connectivity index (χ1n) is 9.26. The van der Waals surface area contributed by atoms with E-state index in [9.17, 15) is 9.59 Å². The maximum absolute atomic E-state index is 11.9. The molecule has 0 unspecified atom stereocenters. The third-order valence-corrected chi connectivity index (χ3v) is 5.45. The van der Waals surface area contributed by atoms with Gasteiger partial charge in [-0.2, -0.15) is 0 Å². The van der Waals surface area contributed by atoms with Crippen LogP contribution in [-0.2, 0) is 27.2 Å². The second-order valence-corrected chi connectivity index (χ2v) is 7.61. The molecule has 0 atom stereocenters. The van der Waals surface area contributed by atoms with E-state index in [4.69, 9.17) is 9.15 Å². The second kappa shape index (κ2) is 8.91. The van der Waals surface area contributed by atoms with Crippen LogP contribution >= 0.6 is 11.8 Å². The lowest BCUT2D eigenvalue weighted by Gasteiger charge is -2.06. The summed E-state index contributed by atoms with van der Waals surface area (Å²) in [6.45, 7) is -0.410. The molecule has 8 heteroatoms. The number of carbonyl (C=O) groups is 2. The topological polar surface area (TPSA) is 94.3 Å². The summed E-state index contributed by atoms with van der Waals surface area (Å²) in [6.07, 6.45) is 3.41. The molecule has 0 spiro atoms. The number of amides is 1. The summed E-state index contributed by atoms with van der Waals surface area (Å²) in [6, 6.07) is 15.4. The molecule has 4 rings (SSSR count). The summed E-state index contributed by atoms with van der Waals surface area (Å²) in [5, 5.41) is 10.1. The largest absolute Gasteiger partial charge is 0.455 e. The Labute approximate surface area is 171 Å². The van der Waals surface area contributed by atoms with Crippen molar-refractivity contribution in [3.63, 3.8) is 0 Å². The zero-order valence-corrected chi connectivity index (χ0v) is 16.4. The number of aryl methyl sites for hydroxylation is 2. The van der Waals surface area contributed by atoms with E-state index in [-0.39, 0.29) is 11.8 Å². The predicted octanol–water partition coefficient (Wildman–Crippen LogP) is 3.50. The van der Waals surface area contributed by atoms with Crippen LogP contribution in [-0.4, -0.2) is 34.4 Å². The van der Waals surface area contributed by atoms with Crippen LogP contribution in [0.3, 0.4) is 0 Å². The lowest BCUT2D eigenvalue weighted by molar-refractivity contribution is -0.144. The van der Waals surface area contributed by atoms with Gasteiger partial charge in [0.1, 0.15) is 0 Å². The highest BCUT2D eigenvalue weighted by atomic mass is 32.2. The molecule has 148 valence electrons. The molecule has 1 aliphatic rings. The number of thioether (sulfide) groups is 1. The van der Waals surface area contributed by atoms with Crippen molar-refractivity contribution in [1.82, 2.24) is 10.2 Å². The van der Waals surface area contributed by atoms with Crippen molar-refractivity contribution in [3.05, 3.63) is 59.7 Å². The molecule has 0 saturated heterocycles. The number of aromatic nitrogens is 2. The minimum absolute atomic E-state index is 0.0441. The first-order chi connectivity index (χ1) is 14.2. The van der Waals surface area contributed by atoms with Gasteiger partial charge in [0.2, 0.25) is 5.89 Å². The zero-order valence-electron chi connectivity index (χ0n) is 15.6. The van der Waals surface area contributed by atoms with Gasteiger partial charge in [-0.1, -0.05) is 29.4 Å². The third-order valence-electron chi connectivity index (χ3n) is 4.48. The van der Waals surface area contributed by atoms with Crippen molar-refractivity contribution in [2.75, 3.05) is 17.7 Å². The molecule has 0 radical (unpaired) electrons. The Hall–Kier alpha value is -3.13. The molecule has 2 aromatic carbocycles. The number of hydrogen-bond acceptors (Lipinski definition) is 7. The van der Waals surface area contributed by atoms with Gasteiger partial charge in [0.05, 0.1) is 5.75 Å². The number of nitrogens with one attached hydrogen (secondary N) is 1. The van der Waals surface area contributed by atoms with E-state index in [1.54, 1.807) is 0 Å². The van der Waals surface area contributed by atoms with Crippen LogP contribution in [0.4, 0.5) is 6.01 Å². The Kier molecular flexibility index (Phi) is 5.90. The molecule has 1 heterocycles. The predicted molar refractivity (Wildman–Crippen MR) is 109 cm³/mol. The van der Waals surface area contributed by atoms with Crippen LogP contribution in [0.5, 0.6) is 0 Å². The van der Waals surface area contributed by atoms with E-state index in [2.05, 4.69) is 27.6 Å². The molecule has 0 bridgehead atoms. The van der Waals surface area contributed by atoms with Crippen LogP contribution in [0.2, 0.25) is 0 Å². The number of rotatable bonds is 7. The fraction of sp³-hybridized carbons (Fsp3) is 0.238. The smallest absolute Gasteiger partial charge is 0.322 e. The molecule has 29 heavy (non-hydrogen) atoms. The number of esters is 1. The fourth-order valence-corrected chi connectivity index (χ4v) is 3.85. The van der Waals surface area contributed by atoms with Gasteiger partial charge in [0.25, 0.3) is 5.91 Å². The number of benzene rings is 2. The van der Waals surface area contributed by atoms with Crippen LogP contribution in [0, 0.1) is 0 Å². The summed E-state index contributed by atoms with van der Waals surface area (Å²) < 4.78 is 10.4. The van der Waals surface area contributed by atoms with E-state index in [1.165, 1.54) is 29.3 Å². The highest BCUT2D eigenvalue weighted by Crippen LogP contribution is 2.27. The molecular formula is C21H19N3O4S. The van der Waals surface area contributed by atoms with Crippen LogP contribution < -0.4 is 5.32 Å². The lowest BCUT2D eigenvalue weighted by Crippen LogP contribution is -2.21. The second-order valence-electron chi connectivity index (χ2n) is 6.56. The average Bonchev–Trinajstić information content (AvgIpc) is 3.40. The molecular weight excluding hydrogens is 390 g/mol. The van der Waals surface area contributed by atoms with Crippen molar-refractivity contribution >= 4 is 29.7 Å². The molecule has 0 saturated carbocycles. The van der Waals surface area contributed by atoms with Crippen LogP contribution in [0.25, 0.3) is 11.5 Å². The van der Waals surface area contributed by atoms with Gasteiger partial charge in [0, 0.05) is 10.5 Å². The Balaban J connectivity index is 1.21. The molecule has 0 fully saturated rings. The highest BCUT2D eigenvalue weighted by molar-refractivity contribution is 8.00. The summed E-state index contributed by atoms with van der Waals surface area (Å²) in [7, 11) is 0. The van der Waals surface area contributed by atoms with Crippen molar-refractivity contribution in [3.8, 4) is 11.5 Å². The van der Waals surface area contributed by atoms with E-state index in [0.717, 1.165) is 23.3 Å². The first-order valence-corrected chi connectivity index (χ1v) is 10.2. The van der Waals surface area contributed by atoms with Crippen molar-refractivity contribution in [1.29, 1.82) is 0 Å². The van der Waals surface area contributed by atoms with Crippen LogP contribution in [0.1, 0.15) is 17.5 Å². The highest BCUT2D eigenvalue weighted by Gasteiger charge is 2.14. The lowest BCUT2D eigenvalue weighted by atomic mass is 10.1. The van der Waals surface area contributed by atoms with Gasteiger partial charge in [-0.25, -0.2) is 0 Å². The third kappa shape index (κ3) is 5.03. The summed E-state index contributed by atoms with van der Waals surface area (Å²) in [5.41, 5.74) is 3.50. The number of fused-ring (bicyclic) bond motifs is 1. The van der Waals surface area contributed by atoms with Crippen molar-refractivity contribution in [2.24, 2.45) is 0 Å². The first kappa shape index (κ1) is 19.2. The van der Waals surface area contributed by atoms with E-state index < -0.39 is 18.5 Å². The van der Waals surface area contributed by atoms with E-state index in [1.807, 2.05) is 36.4 Å². The maximum Gasteiger partial charge on any atom is 0.322 e. The van der Waals surface area contributed by atoms with Gasteiger partial charge in [-0.15, -0.1) is 16.9 Å². The summed E-state index contributed by atoms with van der Waals surface area (Å²) in [5.74, 6) is -0.556. The normalized spacial score (nSPS) is 12.4. The Bertz CT molecular complexity index is 1020. The Morgan fingerprint density at radius 1 is 1.07 bits per heavy atom. The number of ether oxygens (including phenoxy) is 1. The minimum atomic E-state index is -0.538. The summed E-state index contributed by atoms with van der Waals surface area (Å²) in [4.78, 5) is 24.9. The van der Waals surface area contributed by atoms with Gasteiger partial charge in [-0.05, 0) is 54.7 Å². The van der Waals surface area contributed by atoms with Gasteiger partial charge < -0.3 is 9.15 Å². The van der Waals surface area contributed by atoms with E-state index >= 15 is 0 Å².